The van der Waals surface area contributed by atoms with Crippen LogP contribution >= 0.6 is 0 Å². The number of amides is 1. The first kappa shape index (κ1) is 29.2. The molecule has 36 heavy (non-hydrogen) atoms. The second-order valence-corrected chi connectivity index (χ2v) is 10.8. The predicted octanol–water partition coefficient (Wildman–Crippen LogP) is 3.77. The monoisotopic (exact) mass is 521 g/mol. The SMILES string of the molecule is CCCN(CCC1=CC=CC([N+](=O)[O-])C1=O)S(=O)(=O)CN(CC(C)CC)C(=O)OCc1ccccc1. The minimum atomic E-state index is -3.95. The Morgan fingerprint density at radius 1 is 1.19 bits per heavy atom. The molecule has 0 heterocycles. The van der Waals surface area contributed by atoms with E-state index in [1.807, 2.05) is 51.1 Å². The number of nitro groups is 1. The first-order valence-corrected chi connectivity index (χ1v) is 13.7. The molecule has 10 nitrogen and oxygen atoms in total. The molecule has 0 saturated carbocycles. The summed E-state index contributed by atoms with van der Waals surface area (Å²) in [5, 5.41) is 11.1. The minimum Gasteiger partial charge on any atom is -0.445 e. The third-order valence-electron chi connectivity index (χ3n) is 5.91. The van der Waals surface area contributed by atoms with Crippen LogP contribution in [-0.4, -0.2) is 66.0 Å². The third-order valence-corrected chi connectivity index (χ3v) is 7.70. The van der Waals surface area contributed by atoms with E-state index >= 15 is 0 Å². The van der Waals surface area contributed by atoms with Crippen LogP contribution in [0.25, 0.3) is 0 Å². The highest BCUT2D eigenvalue weighted by Gasteiger charge is 2.33. The Balaban J connectivity index is 2.13. The fourth-order valence-electron chi connectivity index (χ4n) is 3.67. The molecule has 0 N–H and O–H groups in total. The van der Waals surface area contributed by atoms with E-state index in [4.69, 9.17) is 4.74 Å². The lowest BCUT2D eigenvalue weighted by Crippen LogP contribution is -2.45. The van der Waals surface area contributed by atoms with Crippen LogP contribution in [0.2, 0.25) is 0 Å². The van der Waals surface area contributed by atoms with Crippen LogP contribution in [-0.2, 0) is 26.2 Å². The third kappa shape index (κ3) is 8.56. The molecule has 0 aliphatic heterocycles. The van der Waals surface area contributed by atoms with E-state index in [0.29, 0.717) is 6.42 Å². The van der Waals surface area contributed by atoms with Crippen LogP contribution in [0.4, 0.5) is 4.79 Å². The number of benzene rings is 1. The summed E-state index contributed by atoms with van der Waals surface area (Å²) in [6.07, 6.45) is 4.73. The van der Waals surface area contributed by atoms with Crippen LogP contribution in [0.15, 0.2) is 54.1 Å². The minimum absolute atomic E-state index is 0.0246. The molecule has 2 rings (SSSR count). The zero-order valence-corrected chi connectivity index (χ0v) is 21.9. The van der Waals surface area contributed by atoms with Gasteiger partial charge >= 0.3 is 6.09 Å². The standard InChI is InChI=1S/C25H35N3O7S/c1-4-15-27(16-14-22-12-9-13-23(24(22)29)28(31)32)36(33,34)19-26(17-20(3)5-2)25(30)35-18-21-10-7-6-8-11-21/h6-13,20,23H,4-5,14-19H2,1-3H3. The Bertz CT molecular complexity index is 1070. The molecule has 0 radical (unpaired) electrons. The van der Waals surface area contributed by atoms with Crippen molar-refractivity contribution in [2.24, 2.45) is 5.92 Å². The highest BCUT2D eigenvalue weighted by Crippen LogP contribution is 2.18. The molecule has 1 aromatic rings. The van der Waals surface area contributed by atoms with Crippen molar-refractivity contribution in [1.29, 1.82) is 0 Å². The van der Waals surface area contributed by atoms with Crippen molar-refractivity contribution in [3.05, 3.63) is 69.8 Å². The zero-order valence-electron chi connectivity index (χ0n) is 21.0. The second-order valence-electron chi connectivity index (χ2n) is 8.84. The van der Waals surface area contributed by atoms with Gasteiger partial charge in [0.05, 0.1) is 0 Å². The lowest BCUT2D eigenvalue weighted by Gasteiger charge is -2.29. The van der Waals surface area contributed by atoms with Gasteiger partial charge in [-0.2, -0.15) is 0 Å². The largest absolute Gasteiger partial charge is 0.445 e. The fraction of sp³-hybridized carbons (Fsp3) is 0.520. The lowest BCUT2D eigenvalue weighted by atomic mass is 9.97. The average Bonchev–Trinajstić information content (AvgIpc) is 2.85. The molecule has 1 aliphatic carbocycles. The predicted molar refractivity (Wildman–Crippen MR) is 136 cm³/mol. The maximum atomic E-state index is 13.4. The van der Waals surface area contributed by atoms with Gasteiger partial charge in [-0.05, 0) is 30.4 Å². The number of ketones is 1. The molecule has 2 unspecified atom stereocenters. The average molecular weight is 522 g/mol. The molecule has 1 amide bonds. The number of nitrogens with zero attached hydrogens (tertiary/aromatic N) is 3. The van der Waals surface area contributed by atoms with Gasteiger partial charge in [-0.25, -0.2) is 17.5 Å². The number of allylic oxidation sites excluding steroid dienone is 2. The van der Waals surface area contributed by atoms with Gasteiger partial charge in [0.1, 0.15) is 12.5 Å². The molecular formula is C25H35N3O7S. The van der Waals surface area contributed by atoms with E-state index < -0.39 is 38.7 Å². The number of ether oxygens (including phenoxy) is 1. The van der Waals surface area contributed by atoms with Crippen molar-refractivity contribution in [3.8, 4) is 0 Å². The summed E-state index contributed by atoms with van der Waals surface area (Å²) >= 11 is 0. The van der Waals surface area contributed by atoms with Crippen molar-refractivity contribution >= 4 is 21.9 Å². The molecule has 11 heteroatoms. The van der Waals surface area contributed by atoms with Gasteiger partial charge in [0.2, 0.25) is 15.8 Å². The van der Waals surface area contributed by atoms with Gasteiger partial charge < -0.3 is 4.74 Å². The smallest absolute Gasteiger partial charge is 0.411 e. The number of hydrogen-bond donors (Lipinski definition) is 0. The topological polar surface area (TPSA) is 127 Å². The van der Waals surface area contributed by atoms with Crippen molar-refractivity contribution < 1.29 is 27.7 Å². The molecule has 1 aromatic carbocycles. The van der Waals surface area contributed by atoms with Gasteiger partial charge in [-0.15, -0.1) is 0 Å². The van der Waals surface area contributed by atoms with Crippen molar-refractivity contribution in [2.45, 2.75) is 52.7 Å². The Morgan fingerprint density at radius 2 is 1.89 bits per heavy atom. The molecule has 0 saturated heterocycles. The maximum absolute atomic E-state index is 13.4. The quantitative estimate of drug-likeness (QED) is 0.269. The highest BCUT2D eigenvalue weighted by atomic mass is 32.2. The van der Waals surface area contributed by atoms with Crippen LogP contribution in [0.1, 0.15) is 45.6 Å². The first-order valence-electron chi connectivity index (χ1n) is 12.1. The van der Waals surface area contributed by atoms with E-state index in [1.165, 1.54) is 27.4 Å². The highest BCUT2D eigenvalue weighted by molar-refractivity contribution is 7.89. The number of hydrogen-bond acceptors (Lipinski definition) is 7. The van der Waals surface area contributed by atoms with E-state index in [-0.39, 0.29) is 44.2 Å². The molecule has 0 aromatic heterocycles. The number of carbonyl (C=O) groups excluding carboxylic acids is 2. The Kier molecular flexibility index (Phi) is 11.3. The Morgan fingerprint density at radius 3 is 2.50 bits per heavy atom. The van der Waals surface area contributed by atoms with Gasteiger partial charge in [0.15, 0.2) is 0 Å². The molecule has 0 fully saturated rings. The van der Waals surface area contributed by atoms with Crippen LogP contribution < -0.4 is 0 Å². The fourth-order valence-corrected chi connectivity index (χ4v) is 5.27. The summed E-state index contributed by atoms with van der Waals surface area (Å²) in [5.41, 5.74) is 0.992. The Hall–Kier alpha value is -3.05. The molecule has 0 spiro atoms. The summed E-state index contributed by atoms with van der Waals surface area (Å²) < 4.78 is 33.3. The summed E-state index contributed by atoms with van der Waals surface area (Å²) in [7, 11) is -3.95. The van der Waals surface area contributed by atoms with E-state index in [9.17, 15) is 28.1 Å². The van der Waals surface area contributed by atoms with Crippen molar-refractivity contribution in [1.82, 2.24) is 9.21 Å². The number of rotatable bonds is 14. The number of sulfonamides is 1. The first-order chi connectivity index (χ1) is 17.1. The lowest BCUT2D eigenvalue weighted by molar-refractivity contribution is -0.494. The zero-order chi connectivity index (χ0) is 26.7. The number of Topliss-reactive ketones (excluding diaryl/α,β-unsaturated/α-hetero) is 1. The van der Waals surface area contributed by atoms with E-state index in [2.05, 4.69) is 0 Å². The van der Waals surface area contributed by atoms with Gasteiger partial charge in [0.25, 0.3) is 6.04 Å². The number of carbonyl (C=O) groups is 2. The molecular weight excluding hydrogens is 486 g/mol. The van der Waals surface area contributed by atoms with E-state index in [1.54, 1.807) is 0 Å². The molecule has 198 valence electrons. The van der Waals surface area contributed by atoms with Crippen molar-refractivity contribution in [3.63, 3.8) is 0 Å². The Labute approximate surface area is 212 Å². The summed E-state index contributed by atoms with van der Waals surface area (Å²) in [6.45, 7) is 6.10. The normalized spacial score (nSPS) is 16.5. The van der Waals surface area contributed by atoms with Crippen LogP contribution in [0, 0.1) is 16.0 Å². The summed E-state index contributed by atoms with van der Waals surface area (Å²) in [4.78, 5) is 36.9. The van der Waals surface area contributed by atoms with Gasteiger partial charge in [0, 0.05) is 30.1 Å². The molecule has 0 bridgehead atoms. The second kappa shape index (κ2) is 13.9. The van der Waals surface area contributed by atoms with E-state index in [0.717, 1.165) is 12.0 Å². The van der Waals surface area contributed by atoms with Gasteiger partial charge in [-0.1, -0.05) is 69.7 Å². The molecule has 2 atom stereocenters. The summed E-state index contributed by atoms with van der Waals surface area (Å²) in [6, 6.07) is 7.66. The molecule has 1 aliphatic rings. The van der Waals surface area contributed by atoms with Crippen LogP contribution in [0.5, 0.6) is 0 Å². The van der Waals surface area contributed by atoms with Crippen molar-refractivity contribution in [2.75, 3.05) is 25.5 Å². The summed E-state index contributed by atoms with van der Waals surface area (Å²) in [5.74, 6) is -1.14. The van der Waals surface area contributed by atoms with Gasteiger partial charge in [-0.3, -0.25) is 19.8 Å². The van der Waals surface area contributed by atoms with Crippen LogP contribution in [0.3, 0.4) is 0 Å². The maximum Gasteiger partial charge on any atom is 0.411 e.